The molecule has 0 atom stereocenters. The van der Waals surface area contributed by atoms with Gasteiger partial charge in [0.15, 0.2) is 12.4 Å². The molecule has 0 radical (unpaired) electrons. The van der Waals surface area contributed by atoms with E-state index in [2.05, 4.69) is 4.57 Å². The maximum absolute atomic E-state index is 12.9. The molecule has 0 saturated carbocycles. The predicted molar refractivity (Wildman–Crippen MR) is 122 cm³/mol. The molecule has 3 aromatic carbocycles. The van der Waals surface area contributed by atoms with E-state index < -0.39 is 4.92 Å². The van der Waals surface area contributed by atoms with Gasteiger partial charge < -0.3 is 9.30 Å². The van der Waals surface area contributed by atoms with Gasteiger partial charge in [0.05, 0.1) is 4.92 Å². The Balaban J connectivity index is 1.71. The zero-order valence-corrected chi connectivity index (χ0v) is 18.1. The lowest BCUT2D eigenvalue weighted by molar-refractivity contribution is -0.384. The zero-order chi connectivity index (χ0) is 22.3. The zero-order valence-electron chi connectivity index (χ0n) is 18.1. The molecule has 0 aliphatic rings. The van der Waals surface area contributed by atoms with Crippen LogP contribution in [0.1, 0.15) is 34.0 Å². The van der Waals surface area contributed by atoms with Crippen molar-refractivity contribution in [3.8, 4) is 5.75 Å². The summed E-state index contributed by atoms with van der Waals surface area (Å²) in [4.78, 5) is 23.8. The highest BCUT2D eigenvalue weighted by molar-refractivity contribution is 6.11. The molecule has 1 aromatic heterocycles. The van der Waals surface area contributed by atoms with Gasteiger partial charge in [-0.2, -0.15) is 0 Å². The molecule has 4 aromatic rings. The van der Waals surface area contributed by atoms with Gasteiger partial charge in [0.1, 0.15) is 5.75 Å². The number of Topliss-reactive ketones (excluding diaryl/α,β-unsaturated/α-hetero) is 1. The molecule has 0 amide bonds. The molecule has 0 unspecified atom stereocenters. The third kappa shape index (κ3) is 3.65. The van der Waals surface area contributed by atoms with Crippen molar-refractivity contribution in [2.45, 2.75) is 34.2 Å². The van der Waals surface area contributed by atoms with Gasteiger partial charge in [0, 0.05) is 46.0 Å². The number of nitro groups is 1. The molecule has 1 heterocycles. The fourth-order valence-corrected chi connectivity index (χ4v) is 4.34. The minimum absolute atomic E-state index is 0.0352. The second kappa shape index (κ2) is 7.87. The Bertz CT molecular complexity index is 1330. The quantitative estimate of drug-likeness (QED) is 0.222. The first-order valence-electron chi connectivity index (χ1n) is 10.2. The van der Waals surface area contributed by atoms with Crippen LogP contribution in [0, 0.1) is 30.9 Å². The maximum Gasteiger partial charge on any atom is 0.270 e. The first-order valence-corrected chi connectivity index (χ1v) is 10.2. The lowest BCUT2D eigenvalue weighted by Crippen LogP contribution is -2.12. The highest BCUT2D eigenvalue weighted by Crippen LogP contribution is 2.32. The summed E-state index contributed by atoms with van der Waals surface area (Å²) < 4.78 is 7.97. The summed E-state index contributed by atoms with van der Waals surface area (Å²) in [6.07, 6.45) is 0. The van der Waals surface area contributed by atoms with Crippen LogP contribution in [-0.4, -0.2) is 21.9 Å². The summed E-state index contributed by atoms with van der Waals surface area (Å²) in [7, 11) is 0. The van der Waals surface area contributed by atoms with Crippen LogP contribution in [0.5, 0.6) is 5.75 Å². The molecule has 0 fully saturated rings. The average molecular weight is 416 g/mol. The normalized spacial score (nSPS) is 11.2. The number of nitro benzene ring substituents is 1. The highest BCUT2D eigenvalue weighted by Gasteiger charge is 2.17. The summed E-state index contributed by atoms with van der Waals surface area (Å²) in [5.41, 5.74) is 5.57. The molecule has 158 valence electrons. The number of non-ortho nitro benzene ring substituents is 1. The van der Waals surface area contributed by atoms with Crippen molar-refractivity contribution < 1.29 is 14.5 Å². The minimum Gasteiger partial charge on any atom is -0.485 e. The van der Waals surface area contributed by atoms with E-state index in [1.54, 1.807) is 18.2 Å². The van der Waals surface area contributed by atoms with E-state index in [0.717, 1.165) is 50.8 Å². The van der Waals surface area contributed by atoms with E-state index in [0.29, 0.717) is 5.56 Å². The van der Waals surface area contributed by atoms with Gasteiger partial charge in [0.25, 0.3) is 5.69 Å². The topological polar surface area (TPSA) is 74.4 Å². The second-order valence-corrected chi connectivity index (χ2v) is 7.87. The fraction of sp³-hybridized carbons (Fsp3) is 0.240. The molecule has 6 heteroatoms. The molecule has 0 spiro atoms. The van der Waals surface area contributed by atoms with E-state index in [9.17, 15) is 14.9 Å². The molecule has 0 N–H and O–H groups in total. The van der Waals surface area contributed by atoms with E-state index in [-0.39, 0.29) is 18.1 Å². The van der Waals surface area contributed by atoms with Crippen LogP contribution in [0.4, 0.5) is 5.69 Å². The fourth-order valence-electron chi connectivity index (χ4n) is 4.34. The van der Waals surface area contributed by atoms with Crippen molar-refractivity contribution in [1.29, 1.82) is 0 Å². The van der Waals surface area contributed by atoms with E-state index in [4.69, 9.17) is 4.74 Å². The van der Waals surface area contributed by atoms with E-state index in [1.165, 1.54) is 6.07 Å². The Hall–Kier alpha value is -3.67. The summed E-state index contributed by atoms with van der Waals surface area (Å²) in [6.45, 7) is 8.65. The number of benzene rings is 3. The largest absolute Gasteiger partial charge is 0.485 e. The number of aromatic nitrogens is 1. The summed E-state index contributed by atoms with van der Waals surface area (Å²) in [6, 6.07) is 14.4. The van der Waals surface area contributed by atoms with E-state index >= 15 is 0 Å². The standard InChI is InChI=1S/C25H24N2O4/c1-5-26-22-8-6-18(12-20(22)21-13-19(27(29)30)7-9-23(21)26)24(28)14-31-25-16(3)10-15(2)11-17(25)4/h6-13H,5,14H2,1-4H3. The maximum atomic E-state index is 12.9. The van der Waals surface area contributed by atoms with Gasteiger partial charge in [-0.05, 0) is 63.1 Å². The number of ether oxygens (including phenoxy) is 1. The molecule has 0 aliphatic carbocycles. The summed E-state index contributed by atoms with van der Waals surface area (Å²) in [5, 5.41) is 12.9. The van der Waals surface area contributed by atoms with E-state index in [1.807, 2.05) is 52.0 Å². The van der Waals surface area contributed by atoms with Crippen molar-refractivity contribution in [3.63, 3.8) is 0 Å². The highest BCUT2D eigenvalue weighted by atomic mass is 16.6. The van der Waals surface area contributed by atoms with Crippen molar-refractivity contribution in [3.05, 3.63) is 80.9 Å². The van der Waals surface area contributed by atoms with Crippen LogP contribution in [0.25, 0.3) is 21.8 Å². The van der Waals surface area contributed by atoms with Gasteiger partial charge >= 0.3 is 0 Å². The Labute approximate surface area is 180 Å². The van der Waals surface area contributed by atoms with Crippen LogP contribution < -0.4 is 4.74 Å². The van der Waals surface area contributed by atoms with Crippen molar-refractivity contribution in [2.75, 3.05) is 6.61 Å². The number of hydrogen-bond acceptors (Lipinski definition) is 4. The van der Waals surface area contributed by atoms with Crippen LogP contribution in [0.3, 0.4) is 0 Å². The number of carbonyl (C=O) groups excluding carboxylic acids is 1. The van der Waals surface area contributed by atoms with Crippen molar-refractivity contribution in [2.24, 2.45) is 0 Å². The number of fused-ring (bicyclic) bond motifs is 3. The van der Waals surface area contributed by atoms with Gasteiger partial charge in [-0.15, -0.1) is 0 Å². The van der Waals surface area contributed by atoms with Crippen molar-refractivity contribution in [1.82, 2.24) is 4.57 Å². The average Bonchev–Trinajstić information content (AvgIpc) is 3.04. The molecular formula is C25H24N2O4. The molecule has 0 bridgehead atoms. The van der Waals surface area contributed by atoms with Gasteiger partial charge in [-0.1, -0.05) is 17.7 Å². The third-order valence-corrected chi connectivity index (χ3v) is 5.65. The molecule has 6 nitrogen and oxygen atoms in total. The molecule has 4 rings (SSSR count). The number of hydrogen-bond donors (Lipinski definition) is 0. The minimum atomic E-state index is -0.399. The number of rotatable bonds is 6. The van der Waals surface area contributed by atoms with Gasteiger partial charge in [-0.25, -0.2) is 0 Å². The number of carbonyl (C=O) groups is 1. The first kappa shape index (κ1) is 20.6. The lowest BCUT2D eigenvalue weighted by Gasteiger charge is -2.12. The van der Waals surface area contributed by atoms with Crippen LogP contribution in [0.15, 0.2) is 48.5 Å². The summed E-state index contributed by atoms with van der Waals surface area (Å²) in [5.74, 6) is 0.599. The SMILES string of the molecule is CCn1c2ccc(C(=O)COc3c(C)cc(C)cc3C)cc2c2cc([N+](=O)[O-])ccc21. The van der Waals surface area contributed by atoms with Crippen LogP contribution in [0.2, 0.25) is 0 Å². The Morgan fingerprint density at radius 3 is 2.19 bits per heavy atom. The van der Waals surface area contributed by atoms with Crippen LogP contribution in [-0.2, 0) is 6.54 Å². The van der Waals surface area contributed by atoms with Crippen molar-refractivity contribution >= 4 is 33.3 Å². The second-order valence-electron chi connectivity index (χ2n) is 7.87. The smallest absolute Gasteiger partial charge is 0.270 e. The Morgan fingerprint density at radius 2 is 1.58 bits per heavy atom. The lowest BCUT2D eigenvalue weighted by atomic mass is 10.1. The van der Waals surface area contributed by atoms with Crippen LogP contribution >= 0.6 is 0 Å². The van der Waals surface area contributed by atoms with Gasteiger partial charge in [-0.3, -0.25) is 14.9 Å². The Morgan fingerprint density at radius 1 is 0.968 bits per heavy atom. The molecular weight excluding hydrogens is 392 g/mol. The first-order chi connectivity index (χ1) is 14.8. The molecule has 0 saturated heterocycles. The molecule has 31 heavy (non-hydrogen) atoms. The number of aryl methyl sites for hydroxylation is 4. The molecule has 0 aliphatic heterocycles. The summed E-state index contributed by atoms with van der Waals surface area (Å²) >= 11 is 0. The van der Waals surface area contributed by atoms with Gasteiger partial charge in [0.2, 0.25) is 0 Å². The predicted octanol–water partition coefficient (Wildman–Crippen LogP) is 5.91. The monoisotopic (exact) mass is 416 g/mol. The number of nitrogens with zero attached hydrogens (tertiary/aromatic N) is 2. The Kier molecular flexibility index (Phi) is 5.23. The third-order valence-electron chi connectivity index (χ3n) is 5.65. The number of ketones is 1.